The molecule has 1 aliphatic carbocycles. The van der Waals surface area contributed by atoms with Crippen LogP contribution < -0.4 is 11.1 Å². The van der Waals surface area contributed by atoms with Gasteiger partial charge in [-0.3, -0.25) is 4.79 Å². The monoisotopic (exact) mass is 183 g/mol. The molecule has 1 heterocycles. The number of likely N-dealkylation sites (tertiary alicyclic amines) is 1. The number of amides is 1. The van der Waals surface area contributed by atoms with Crippen LogP contribution in [0.3, 0.4) is 0 Å². The van der Waals surface area contributed by atoms with Crippen molar-refractivity contribution in [2.45, 2.75) is 30.8 Å². The smallest absolute Gasteiger partial charge is 0.240 e. The summed E-state index contributed by atoms with van der Waals surface area (Å²) in [5.74, 6) is 0.0489. The molecule has 3 N–H and O–H groups in total. The Morgan fingerprint density at radius 3 is 2.77 bits per heavy atom. The SMILES string of the molecule is CN1CCC(NC(=O)C2(N)CC2)C1. The minimum absolute atomic E-state index is 0.0489. The summed E-state index contributed by atoms with van der Waals surface area (Å²) < 4.78 is 0. The summed E-state index contributed by atoms with van der Waals surface area (Å²) in [5, 5.41) is 3.01. The van der Waals surface area contributed by atoms with E-state index in [1.165, 1.54) is 0 Å². The number of nitrogens with one attached hydrogen (secondary N) is 1. The topological polar surface area (TPSA) is 58.4 Å². The molecule has 2 rings (SSSR count). The van der Waals surface area contributed by atoms with Gasteiger partial charge in [0.25, 0.3) is 0 Å². The summed E-state index contributed by atoms with van der Waals surface area (Å²) in [6.07, 6.45) is 2.75. The van der Waals surface area contributed by atoms with E-state index in [-0.39, 0.29) is 5.91 Å². The fourth-order valence-corrected chi connectivity index (χ4v) is 1.74. The average Bonchev–Trinajstić information content (AvgIpc) is 2.69. The number of hydrogen-bond acceptors (Lipinski definition) is 3. The van der Waals surface area contributed by atoms with Crippen LogP contribution in [0.1, 0.15) is 19.3 Å². The summed E-state index contributed by atoms with van der Waals surface area (Å²) in [6.45, 7) is 2.03. The van der Waals surface area contributed by atoms with Crippen molar-refractivity contribution in [3.8, 4) is 0 Å². The lowest BCUT2D eigenvalue weighted by Gasteiger charge is -2.15. The van der Waals surface area contributed by atoms with Gasteiger partial charge in [0.05, 0.1) is 5.54 Å². The van der Waals surface area contributed by atoms with Crippen LogP contribution in [0, 0.1) is 0 Å². The molecule has 1 atom stereocenters. The zero-order chi connectivity index (χ0) is 9.47. The van der Waals surface area contributed by atoms with E-state index in [1.807, 2.05) is 0 Å². The largest absolute Gasteiger partial charge is 0.350 e. The first kappa shape index (κ1) is 8.97. The van der Waals surface area contributed by atoms with Gasteiger partial charge in [-0.05, 0) is 32.9 Å². The highest BCUT2D eigenvalue weighted by atomic mass is 16.2. The van der Waals surface area contributed by atoms with Gasteiger partial charge in [0.1, 0.15) is 0 Å². The van der Waals surface area contributed by atoms with E-state index in [4.69, 9.17) is 5.73 Å². The number of nitrogens with zero attached hydrogens (tertiary/aromatic N) is 1. The van der Waals surface area contributed by atoms with Crippen LogP contribution >= 0.6 is 0 Å². The number of hydrogen-bond donors (Lipinski definition) is 2. The Bertz CT molecular complexity index is 225. The molecule has 2 fully saturated rings. The van der Waals surface area contributed by atoms with Gasteiger partial charge in [-0.15, -0.1) is 0 Å². The first-order valence-corrected chi connectivity index (χ1v) is 4.88. The highest BCUT2D eigenvalue weighted by molar-refractivity contribution is 5.89. The molecule has 0 aromatic heterocycles. The van der Waals surface area contributed by atoms with E-state index in [2.05, 4.69) is 17.3 Å². The van der Waals surface area contributed by atoms with Crippen LogP contribution in [-0.2, 0) is 4.79 Å². The van der Waals surface area contributed by atoms with Gasteiger partial charge in [0, 0.05) is 12.6 Å². The molecule has 0 aromatic rings. The maximum Gasteiger partial charge on any atom is 0.240 e. The summed E-state index contributed by atoms with van der Waals surface area (Å²) in [5.41, 5.74) is 5.26. The van der Waals surface area contributed by atoms with E-state index in [0.717, 1.165) is 32.4 Å². The first-order chi connectivity index (χ1) is 6.10. The molecule has 1 saturated heterocycles. The highest BCUT2D eigenvalue weighted by Gasteiger charge is 2.46. The summed E-state index contributed by atoms with van der Waals surface area (Å²) in [6, 6.07) is 0.318. The van der Waals surface area contributed by atoms with Gasteiger partial charge in [0.2, 0.25) is 5.91 Å². The molecule has 2 aliphatic rings. The van der Waals surface area contributed by atoms with Crippen LogP contribution in [0.25, 0.3) is 0 Å². The molecular formula is C9H17N3O. The van der Waals surface area contributed by atoms with E-state index >= 15 is 0 Å². The fourth-order valence-electron chi connectivity index (χ4n) is 1.74. The Morgan fingerprint density at radius 1 is 1.62 bits per heavy atom. The quantitative estimate of drug-likeness (QED) is 0.595. The van der Waals surface area contributed by atoms with Gasteiger partial charge in [-0.25, -0.2) is 0 Å². The van der Waals surface area contributed by atoms with E-state index in [0.29, 0.717) is 6.04 Å². The molecule has 74 valence electrons. The third-order valence-electron chi connectivity index (χ3n) is 2.97. The van der Waals surface area contributed by atoms with Crippen molar-refractivity contribution in [1.29, 1.82) is 0 Å². The Labute approximate surface area is 78.5 Å². The van der Waals surface area contributed by atoms with Crippen molar-refractivity contribution in [3.05, 3.63) is 0 Å². The number of likely N-dealkylation sites (N-methyl/N-ethyl adjacent to an activating group) is 1. The lowest BCUT2D eigenvalue weighted by molar-refractivity contribution is -0.123. The lowest BCUT2D eigenvalue weighted by atomic mass is 10.2. The maximum atomic E-state index is 11.5. The van der Waals surface area contributed by atoms with E-state index in [1.54, 1.807) is 0 Å². The second-order valence-electron chi connectivity index (χ2n) is 4.38. The van der Waals surface area contributed by atoms with E-state index < -0.39 is 5.54 Å². The third kappa shape index (κ3) is 1.84. The second kappa shape index (κ2) is 2.96. The molecule has 1 unspecified atom stereocenters. The Kier molecular flexibility index (Phi) is 2.04. The van der Waals surface area contributed by atoms with Gasteiger partial charge in [0.15, 0.2) is 0 Å². The maximum absolute atomic E-state index is 11.5. The molecular weight excluding hydrogens is 166 g/mol. The summed E-state index contributed by atoms with van der Waals surface area (Å²) in [7, 11) is 2.07. The van der Waals surface area contributed by atoms with Crippen LogP contribution in [0.2, 0.25) is 0 Å². The molecule has 0 bridgehead atoms. The zero-order valence-electron chi connectivity index (χ0n) is 8.05. The molecule has 4 nitrogen and oxygen atoms in total. The van der Waals surface area contributed by atoms with Crippen LogP contribution in [0.5, 0.6) is 0 Å². The third-order valence-corrected chi connectivity index (χ3v) is 2.97. The van der Waals surface area contributed by atoms with Gasteiger partial charge in [-0.1, -0.05) is 0 Å². The van der Waals surface area contributed by atoms with Gasteiger partial charge >= 0.3 is 0 Å². The Morgan fingerprint density at radius 2 is 2.31 bits per heavy atom. The second-order valence-corrected chi connectivity index (χ2v) is 4.38. The van der Waals surface area contributed by atoms with Crippen molar-refractivity contribution < 1.29 is 4.79 Å². The molecule has 0 aromatic carbocycles. The van der Waals surface area contributed by atoms with Gasteiger partial charge in [-0.2, -0.15) is 0 Å². The fraction of sp³-hybridized carbons (Fsp3) is 0.889. The molecule has 1 amide bonds. The predicted octanol–water partition coefficient (Wildman–Crippen LogP) is -0.702. The number of rotatable bonds is 2. The van der Waals surface area contributed by atoms with Crippen LogP contribution in [-0.4, -0.2) is 42.5 Å². The highest BCUT2D eigenvalue weighted by Crippen LogP contribution is 2.32. The standard InChI is InChI=1S/C9H17N3O/c1-12-5-2-7(6-12)11-8(13)9(10)3-4-9/h7H,2-6,10H2,1H3,(H,11,13). The Hall–Kier alpha value is -0.610. The minimum atomic E-state index is -0.513. The van der Waals surface area contributed by atoms with Crippen LogP contribution in [0.15, 0.2) is 0 Å². The summed E-state index contributed by atoms with van der Waals surface area (Å²) >= 11 is 0. The first-order valence-electron chi connectivity index (χ1n) is 4.88. The van der Waals surface area contributed by atoms with Crippen molar-refractivity contribution in [1.82, 2.24) is 10.2 Å². The summed E-state index contributed by atoms with van der Waals surface area (Å²) in [4.78, 5) is 13.8. The molecule has 1 saturated carbocycles. The van der Waals surface area contributed by atoms with Crippen molar-refractivity contribution >= 4 is 5.91 Å². The predicted molar refractivity (Wildman–Crippen MR) is 50.2 cm³/mol. The molecule has 4 heteroatoms. The van der Waals surface area contributed by atoms with Crippen molar-refractivity contribution in [3.63, 3.8) is 0 Å². The number of carbonyl (C=O) groups excluding carboxylic acids is 1. The number of carbonyl (C=O) groups is 1. The zero-order valence-corrected chi connectivity index (χ0v) is 8.05. The molecule has 1 aliphatic heterocycles. The number of nitrogens with two attached hydrogens (primary N) is 1. The van der Waals surface area contributed by atoms with Crippen molar-refractivity contribution in [2.75, 3.05) is 20.1 Å². The Balaban J connectivity index is 1.81. The average molecular weight is 183 g/mol. The molecule has 0 spiro atoms. The lowest BCUT2D eigenvalue weighted by Crippen LogP contribution is -2.47. The van der Waals surface area contributed by atoms with Crippen molar-refractivity contribution in [2.24, 2.45) is 5.73 Å². The molecule has 13 heavy (non-hydrogen) atoms. The normalized spacial score (nSPS) is 31.7. The van der Waals surface area contributed by atoms with E-state index in [9.17, 15) is 4.79 Å². The van der Waals surface area contributed by atoms with Crippen LogP contribution in [0.4, 0.5) is 0 Å². The molecule has 0 radical (unpaired) electrons. The minimum Gasteiger partial charge on any atom is -0.350 e. The van der Waals surface area contributed by atoms with Gasteiger partial charge < -0.3 is 16.0 Å².